The Hall–Kier alpha value is -5.74. The molecule has 2 aliphatic rings. The minimum absolute atomic E-state index is 1.09. The fourth-order valence-electron chi connectivity index (χ4n) is 8.02. The summed E-state index contributed by atoms with van der Waals surface area (Å²) in [5.74, 6) is 0. The number of anilines is 8. The normalized spacial score (nSPS) is 15.1. The second kappa shape index (κ2) is 14.1. The van der Waals surface area contributed by atoms with Crippen LogP contribution in [0.1, 0.15) is 0 Å². The monoisotopic (exact) mass is 794 g/mol. The Morgan fingerprint density at radius 2 is 0.464 bits per heavy atom. The highest BCUT2D eigenvalue weighted by atomic mass is 32.4. The van der Waals surface area contributed by atoms with E-state index in [1.807, 2.05) is 0 Å². The molecule has 0 aliphatic carbocycles. The van der Waals surface area contributed by atoms with E-state index in [0.29, 0.717) is 0 Å². The molecule has 0 saturated carbocycles. The predicted molar refractivity (Wildman–Crippen MR) is 247 cm³/mol. The average Bonchev–Trinajstić information content (AvgIpc) is 3.70. The Labute approximate surface area is 338 Å². The molecule has 270 valence electrons. The number of para-hydroxylation sites is 8. The van der Waals surface area contributed by atoms with Gasteiger partial charge in [-0.1, -0.05) is 121 Å². The Kier molecular flexibility index (Phi) is 8.73. The summed E-state index contributed by atoms with van der Waals surface area (Å²) in [5, 5.41) is 2.24. The first-order valence-electron chi connectivity index (χ1n) is 18.6. The summed E-state index contributed by atoms with van der Waals surface area (Å²) in [6.45, 7) is 0. The fourth-order valence-corrected chi connectivity index (χ4v) is 16.9. The first-order valence-corrected chi connectivity index (χ1v) is 24.0. The van der Waals surface area contributed by atoms with E-state index >= 15 is 0 Å². The van der Waals surface area contributed by atoms with Crippen molar-refractivity contribution in [3.63, 3.8) is 0 Å². The van der Waals surface area contributed by atoms with Crippen LogP contribution >= 0.6 is 12.7 Å². The van der Waals surface area contributed by atoms with Gasteiger partial charge in [-0.25, -0.2) is 0 Å². The minimum Gasteiger partial charge on any atom is -0.291 e. The van der Waals surface area contributed by atoms with E-state index in [-0.39, 0.29) is 0 Å². The lowest BCUT2D eigenvalue weighted by Crippen LogP contribution is -2.26. The van der Waals surface area contributed by atoms with E-state index < -0.39 is 12.7 Å². The molecule has 0 radical (unpaired) electrons. The largest absolute Gasteiger partial charge is 0.291 e. The van der Waals surface area contributed by atoms with Gasteiger partial charge in [0.05, 0.1) is 22.7 Å². The molecule has 10 rings (SSSR count). The molecular formula is C48H36N4P2S2. The summed E-state index contributed by atoms with van der Waals surface area (Å²) in [7, 11) is 0. The second-order valence-corrected chi connectivity index (χ2v) is 21.6. The van der Waals surface area contributed by atoms with Crippen molar-refractivity contribution >= 4 is 92.4 Å². The molecular weight excluding hydrogens is 759 g/mol. The minimum atomic E-state index is -2.63. The van der Waals surface area contributed by atoms with Gasteiger partial charge in [0.2, 0.25) is 0 Å². The second-order valence-electron chi connectivity index (χ2n) is 13.7. The van der Waals surface area contributed by atoms with Gasteiger partial charge in [0.15, 0.2) is 12.7 Å². The van der Waals surface area contributed by atoms with Crippen molar-refractivity contribution in [3.8, 4) is 11.1 Å². The third kappa shape index (κ3) is 5.48. The number of rotatable bonds is 7. The molecule has 4 nitrogen and oxygen atoms in total. The molecule has 8 aromatic carbocycles. The van der Waals surface area contributed by atoms with Crippen LogP contribution in [0, 0.1) is 0 Å². The maximum Gasteiger partial charge on any atom is 0.162 e. The van der Waals surface area contributed by atoms with E-state index in [4.69, 9.17) is 23.6 Å². The van der Waals surface area contributed by atoms with Gasteiger partial charge in [0, 0.05) is 33.4 Å². The lowest BCUT2D eigenvalue weighted by molar-refractivity contribution is 1.44. The van der Waals surface area contributed by atoms with Crippen molar-refractivity contribution < 1.29 is 0 Å². The summed E-state index contributed by atoms with van der Waals surface area (Å²) in [6, 6.07) is 77.3. The SMILES string of the molecule is S=P1(c2ccc(-c3ccc(P4(=S)N(c5ccccc5)c5ccccc5N4c4ccccc4)cc3)cc2)N(c2ccccc2)c2ccccc2N1c1ccccc1. The van der Waals surface area contributed by atoms with E-state index in [0.717, 1.165) is 67.2 Å². The molecule has 2 heterocycles. The Balaban J connectivity index is 1.06. The zero-order valence-electron chi connectivity index (χ0n) is 30.3. The van der Waals surface area contributed by atoms with Crippen LogP contribution in [0.3, 0.4) is 0 Å². The maximum atomic E-state index is 6.97. The molecule has 0 bridgehead atoms. The number of hydrogen-bond donors (Lipinski definition) is 0. The lowest BCUT2D eigenvalue weighted by atomic mass is 10.1. The molecule has 8 heteroatoms. The first kappa shape index (κ1) is 34.7. The van der Waals surface area contributed by atoms with E-state index in [1.165, 1.54) is 0 Å². The van der Waals surface area contributed by atoms with Gasteiger partial charge in [-0.3, -0.25) is 18.7 Å². The Bertz CT molecular complexity index is 2430. The highest BCUT2D eigenvalue weighted by Gasteiger charge is 2.46. The number of benzene rings is 8. The molecule has 0 atom stereocenters. The average molecular weight is 795 g/mol. The summed E-state index contributed by atoms with van der Waals surface area (Å²) < 4.78 is 9.60. The van der Waals surface area contributed by atoms with Crippen molar-refractivity contribution in [2.75, 3.05) is 18.7 Å². The summed E-state index contributed by atoms with van der Waals surface area (Å²) in [6.07, 6.45) is -5.27. The van der Waals surface area contributed by atoms with Crippen LogP contribution in [0.4, 0.5) is 45.5 Å². The molecule has 0 amide bonds. The van der Waals surface area contributed by atoms with Crippen LogP contribution in [0.5, 0.6) is 0 Å². The van der Waals surface area contributed by atoms with Gasteiger partial charge in [0.1, 0.15) is 0 Å². The zero-order chi connectivity index (χ0) is 37.7. The fraction of sp³-hybridized carbons (Fsp3) is 0. The molecule has 0 fully saturated rings. The number of hydrogen-bond acceptors (Lipinski definition) is 2. The maximum absolute atomic E-state index is 6.97. The van der Waals surface area contributed by atoms with Crippen molar-refractivity contribution in [1.82, 2.24) is 0 Å². The molecule has 0 unspecified atom stereocenters. The molecule has 2 aliphatic heterocycles. The smallest absolute Gasteiger partial charge is 0.162 e. The van der Waals surface area contributed by atoms with Gasteiger partial charge < -0.3 is 0 Å². The third-order valence-electron chi connectivity index (χ3n) is 10.5. The quantitative estimate of drug-likeness (QED) is 0.148. The van der Waals surface area contributed by atoms with Crippen LogP contribution in [0.15, 0.2) is 218 Å². The summed E-state index contributed by atoms with van der Waals surface area (Å²) in [4.78, 5) is 0. The molecule has 0 N–H and O–H groups in total. The molecule has 0 aromatic heterocycles. The van der Waals surface area contributed by atoms with Gasteiger partial charge in [-0.15, -0.1) is 0 Å². The highest BCUT2D eigenvalue weighted by molar-refractivity contribution is 8.20. The van der Waals surface area contributed by atoms with Crippen molar-refractivity contribution in [3.05, 3.63) is 218 Å². The number of fused-ring (bicyclic) bond motifs is 2. The summed E-state index contributed by atoms with van der Waals surface area (Å²) >= 11 is 13.9. The van der Waals surface area contributed by atoms with Crippen LogP contribution in [-0.4, -0.2) is 0 Å². The number of nitrogens with zero attached hydrogens (tertiary/aromatic N) is 4. The Morgan fingerprint density at radius 3 is 0.696 bits per heavy atom. The van der Waals surface area contributed by atoms with Gasteiger partial charge in [0.25, 0.3) is 0 Å². The topological polar surface area (TPSA) is 13.0 Å². The lowest BCUT2D eigenvalue weighted by Gasteiger charge is -2.37. The zero-order valence-corrected chi connectivity index (χ0v) is 33.7. The van der Waals surface area contributed by atoms with Crippen LogP contribution < -0.4 is 29.3 Å². The molecule has 8 aromatic rings. The van der Waals surface area contributed by atoms with E-state index in [9.17, 15) is 0 Å². The van der Waals surface area contributed by atoms with E-state index in [1.54, 1.807) is 0 Å². The molecule has 0 spiro atoms. The van der Waals surface area contributed by atoms with Gasteiger partial charge in [-0.05, 0) is 132 Å². The van der Waals surface area contributed by atoms with Crippen molar-refractivity contribution in [1.29, 1.82) is 0 Å². The van der Waals surface area contributed by atoms with Crippen LogP contribution in [0.2, 0.25) is 0 Å². The predicted octanol–water partition coefficient (Wildman–Crippen LogP) is 13.2. The van der Waals surface area contributed by atoms with Crippen LogP contribution in [0.25, 0.3) is 11.1 Å². The molecule has 0 saturated heterocycles. The third-order valence-corrected chi connectivity index (χ3v) is 19.6. The summed E-state index contributed by atoms with van der Waals surface area (Å²) in [5.41, 5.74) is 11.1. The van der Waals surface area contributed by atoms with E-state index in [2.05, 4.69) is 237 Å². The van der Waals surface area contributed by atoms with Crippen molar-refractivity contribution in [2.45, 2.75) is 0 Å². The Morgan fingerprint density at radius 1 is 0.250 bits per heavy atom. The van der Waals surface area contributed by atoms with Gasteiger partial charge >= 0.3 is 0 Å². The van der Waals surface area contributed by atoms with Crippen LogP contribution in [-0.2, 0) is 23.6 Å². The molecule has 56 heavy (non-hydrogen) atoms. The van der Waals surface area contributed by atoms with Gasteiger partial charge in [-0.2, -0.15) is 0 Å². The standard InChI is InChI=1S/C48H36N4P2S2/c55-53(49(39-17-5-1-6-18-39)45-25-13-14-26-46(45)50(53)40-19-7-2-8-20-40)43-33-29-37(30-34-43)38-31-35-44(36-32-38)54(56)51(41-21-9-3-10-22-41)47-27-15-16-28-48(47)52(54)42-23-11-4-12-24-42/h1-36H. The van der Waals surface area contributed by atoms with Crippen molar-refractivity contribution in [2.24, 2.45) is 0 Å². The highest BCUT2D eigenvalue weighted by Crippen LogP contribution is 2.71. The first-order chi connectivity index (χ1) is 27.6.